The van der Waals surface area contributed by atoms with Gasteiger partial charge in [0.2, 0.25) is 0 Å². The Bertz CT molecular complexity index is 760. The van der Waals surface area contributed by atoms with E-state index in [1.165, 1.54) is 0 Å². The summed E-state index contributed by atoms with van der Waals surface area (Å²) in [7, 11) is 0. The fraction of sp³-hybridized carbons (Fsp3) is 0.368. The Labute approximate surface area is 142 Å². The first-order chi connectivity index (χ1) is 11.3. The normalized spacial score (nSPS) is 10.8. The number of benzene rings is 1. The van der Waals surface area contributed by atoms with Crippen LogP contribution in [-0.2, 0) is 11.2 Å². The molecule has 0 saturated carbocycles. The van der Waals surface area contributed by atoms with E-state index in [0.29, 0.717) is 22.5 Å². The summed E-state index contributed by atoms with van der Waals surface area (Å²) in [4.78, 5) is 27.8. The number of aryl methyl sites for hydroxylation is 2. The highest BCUT2D eigenvalue weighted by atomic mass is 16.5. The molecule has 0 saturated heterocycles. The number of H-pyrrole nitrogens is 1. The number of ether oxygens (including phenoxy) is 1. The average Bonchev–Trinajstić information content (AvgIpc) is 2.81. The lowest BCUT2D eigenvalue weighted by atomic mass is 10.1. The lowest BCUT2D eigenvalue weighted by molar-refractivity contribution is 0.0376. The maximum atomic E-state index is 12.6. The van der Waals surface area contributed by atoms with E-state index < -0.39 is 5.97 Å². The standard InChI is InChI=1S/C19H24N2O3/c1-6-14-8-7-9-15(10-14)21-18(22)17-12(4)16(13(5)20-17)19(23)24-11(2)3/h7-11,20H,6H2,1-5H3,(H,21,22). The highest BCUT2D eigenvalue weighted by Crippen LogP contribution is 2.21. The molecule has 1 aromatic heterocycles. The second-order valence-electron chi connectivity index (χ2n) is 6.09. The van der Waals surface area contributed by atoms with E-state index in [4.69, 9.17) is 4.74 Å². The molecule has 0 fully saturated rings. The SMILES string of the molecule is CCc1cccc(NC(=O)c2[nH]c(C)c(C(=O)OC(C)C)c2C)c1. The molecule has 2 aromatic rings. The molecule has 0 aliphatic carbocycles. The number of carbonyl (C=O) groups is 2. The van der Waals surface area contributed by atoms with Gasteiger partial charge in [0.25, 0.3) is 5.91 Å². The maximum absolute atomic E-state index is 12.6. The molecule has 0 radical (unpaired) electrons. The minimum Gasteiger partial charge on any atom is -0.459 e. The van der Waals surface area contributed by atoms with Gasteiger partial charge >= 0.3 is 5.97 Å². The first kappa shape index (κ1) is 17.8. The number of rotatable bonds is 5. The summed E-state index contributed by atoms with van der Waals surface area (Å²) in [6.45, 7) is 9.16. The highest BCUT2D eigenvalue weighted by Gasteiger charge is 2.23. The third-order valence-corrected chi connectivity index (χ3v) is 3.80. The number of nitrogens with one attached hydrogen (secondary N) is 2. The van der Waals surface area contributed by atoms with Crippen LogP contribution in [0.5, 0.6) is 0 Å². The van der Waals surface area contributed by atoms with Crippen molar-refractivity contribution in [3.8, 4) is 0 Å². The summed E-state index contributed by atoms with van der Waals surface area (Å²) < 4.78 is 5.25. The predicted octanol–water partition coefficient (Wildman–Crippen LogP) is 4.01. The second-order valence-corrected chi connectivity index (χ2v) is 6.09. The van der Waals surface area contributed by atoms with Gasteiger partial charge < -0.3 is 15.0 Å². The smallest absolute Gasteiger partial charge is 0.340 e. The Hall–Kier alpha value is -2.56. The number of esters is 1. The third kappa shape index (κ3) is 3.85. The van der Waals surface area contributed by atoms with Crippen molar-refractivity contribution in [1.29, 1.82) is 0 Å². The van der Waals surface area contributed by atoms with Gasteiger partial charge in [-0.3, -0.25) is 4.79 Å². The van der Waals surface area contributed by atoms with Gasteiger partial charge in [-0.05, 0) is 57.4 Å². The molecule has 5 nitrogen and oxygen atoms in total. The first-order valence-corrected chi connectivity index (χ1v) is 8.13. The topological polar surface area (TPSA) is 71.2 Å². The van der Waals surface area contributed by atoms with Crippen molar-refractivity contribution in [2.75, 3.05) is 5.32 Å². The Morgan fingerprint density at radius 1 is 1.25 bits per heavy atom. The molecule has 5 heteroatoms. The molecule has 0 spiro atoms. The van der Waals surface area contributed by atoms with Gasteiger partial charge in [0.05, 0.1) is 11.7 Å². The van der Waals surface area contributed by atoms with Crippen molar-refractivity contribution in [3.63, 3.8) is 0 Å². The van der Waals surface area contributed by atoms with Gasteiger partial charge in [0.1, 0.15) is 5.69 Å². The van der Waals surface area contributed by atoms with Crippen molar-refractivity contribution < 1.29 is 14.3 Å². The summed E-state index contributed by atoms with van der Waals surface area (Å²) in [5.74, 6) is -0.685. The van der Waals surface area contributed by atoms with Gasteiger partial charge in [-0.25, -0.2) is 4.79 Å². The van der Waals surface area contributed by atoms with Crippen molar-refractivity contribution in [3.05, 3.63) is 52.3 Å². The summed E-state index contributed by atoms with van der Waals surface area (Å²) in [5, 5.41) is 2.87. The van der Waals surface area contributed by atoms with Crippen LogP contribution in [0.1, 0.15) is 58.4 Å². The minimum absolute atomic E-state index is 0.208. The molecule has 0 aliphatic rings. The van der Waals surface area contributed by atoms with Crippen LogP contribution in [0, 0.1) is 13.8 Å². The lowest BCUT2D eigenvalue weighted by Crippen LogP contribution is -2.15. The second kappa shape index (κ2) is 7.34. The molecule has 0 unspecified atom stereocenters. The molecular weight excluding hydrogens is 304 g/mol. The predicted molar refractivity (Wildman–Crippen MR) is 94.6 cm³/mol. The molecule has 24 heavy (non-hydrogen) atoms. The van der Waals surface area contributed by atoms with Gasteiger partial charge in [-0.1, -0.05) is 19.1 Å². The van der Waals surface area contributed by atoms with Crippen LogP contribution in [-0.4, -0.2) is 23.0 Å². The Morgan fingerprint density at radius 2 is 1.96 bits per heavy atom. The largest absolute Gasteiger partial charge is 0.459 e. The lowest BCUT2D eigenvalue weighted by Gasteiger charge is -2.08. The number of carbonyl (C=O) groups excluding carboxylic acids is 2. The Morgan fingerprint density at radius 3 is 2.58 bits per heavy atom. The Balaban J connectivity index is 2.25. The number of aromatic nitrogens is 1. The molecule has 0 atom stereocenters. The quantitative estimate of drug-likeness (QED) is 0.815. The highest BCUT2D eigenvalue weighted by molar-refractivity contribution is 6.06. The first-order valence-electron chi connectivity index (χ1n) is 8.13. The van der Waals surface area contributed by atoms with Gasteiger partial charge in [-0.15, -0.1) is 0 Å². The molecule has 2 rings (SSSR count). The Kier molecular flexibility index (Phi) is 5.44. The average molecular weight is 328 g/mol. The van der Waals surface area contributed by atoms with Gasteiger partial charge in [0.15, 0.2) is 0 Å². The van der Waals surface area contributed by atoms with Gasteiger partial charge in [0, 0.05) is 11.4 Å². The third-order valence-electron chi connectivity index (χ3n) is 3.80. The fourth-order valence-electron chi connectivity index (χ4n) is 2.62. The molecule has 128 valence electrons. The zero-order valence-electron chi connectivity index (χ0n) is 14.8. The van der Waals surface area contributed by atoms with Crippen LogP contribution in [0.15, 0.2) is 24.3 Å². The molecule has 1 amide bonds. The summed E-state index contributed by atoms with van der Waals surface area (Å²) in [6.07, 6.45) is 0.690. The van der Waals surface area contributed by atoms with E-state index in [-0.39, 0.29) is 12.0 Å². The fourth-order valence-corrected chi connectivity index (χ4v) is 2.62. The molecule has 1 aromatic carbocycles. The van der Waals surface area contributed by atoms with E-state index in [1.54, 1.807) is 27.7 Å². The molecular formula is C19H24N2O3. The van der Waals surface area contributed by atoms with Crippen LogP contribution >= 0.6 is 0 Å². The van der Waals surface area contributed by atoms with E-state index in [2.05, 4.69) is 17.2 Å². The number of hydrogen-bond acceptors (Lipinski definition) is 3. The summed E-state index contributed by atoms with van der Waals surface area (Å²) in [5.41, 5.74) is 3.92. The number of amides is 1. The monoisotopic (exact) mass is 328 g/mol. The van der Waals surface area contributed by atoms with Gasteiger partial charge in [-0.2, -0.15) is 0 Å². The zero-order valence-corrected chi connectivity index (χ0v) is 14.8. The van der Waals surface area contributed by atoms with E-state index >= 15 is 0 Å². The number of aromatic amines is 1. The van der Waals surface area contributed by atoms with E-state index in [1.807, 2.05) is 24.3 Å². The van der Waals surface area contributed by atoms with Crippen molar-refractivity contribution in [2.24, 2.45) is 0 Å². The van der Waals surface area contributed by atoms with Crippen LogP contribution in [0.3, 0.4) is 0 Å². The summed E-state index contributed by atoms with van der Waals surface area (Å²) >= 11 is 0. The number of hydrogen-bond donors (Lipinski definition) is 2. The molecule has 2 N–H and O–H groups in total. The van der Waals surface area contributed by atoms with Crippen LogP contribution in [0.4, 0.5) is 5.69 Å². The molecule has 0 aliphatic heterocycles. The van der Waals surface area contributed by atoms with Crippen molar-refractivity contribution in [2.45, 2.75) is 47.1 Å². The van der Waals surface area contributed by atoms with Crippen LogP contribution in [0.2, 0.25) is 0 Å². The van der Waals surface area contributed by atoms with E-state index in [9.17, 15) is 9.59 Å². The maximum Gasteiger partial charge on any atom is 0.340 e. The summed E-state index contributed by atoms with van der Waals surface area (Å²) in [6, 6.07) is 7.71. The van der Waals surface area contributed by atoms with E-state index in [0.717, 1.165) is 17.7 Å². The molecule has 0 bridgehead atoms. The number of anilines is 1. The van der Waals surface area contributed by atoms with Crippen LogP contribution in [0.25, 0.3) is 0 Å². The molecule has 1 heterocycles. The van der Waals surface area contributed by atoms with Crippen molar-refractivity contribution in [1.82, 2.24) is 4.98 Å². The minimum atomic E-state index is -0.414. The van der Waals surface area contributed by atoms with Crippen molar-refractivity contribution >= 4 is 17.6 Å². The zero-order chi connectivity index (χ0) is 17.9. The van der Waals surface area contributed by atoms with Crippen LogP contribution < -0.4 is 5.32 Å².